The molecule has 10 heteroatoms. The number of hydrogen-bond acceptors (Lipinski definition) is 7. The van der Waals surface area contributed by atoms with E-state index >= 15 is 0 Å². The maximum absolute atomic E-state index is 14.1. The third kappa shape index (κ3) is 2.49. The fourth-order valence-corrected chi connectivity index (χ4v) is 6.82. The van der Waals surface area contributed by atoms with Crippen molar-refractivity contribution in [2.75, 3.05) is 23.9 Å². The number of aryl methyl sites for hydroxylation is 2. The zero-order chi connectivity index (χ0) is 24.8. The van der Waals surface area contributed by atoms with Crippen LogP contribution in [0.15, 0.2) is 30.3 Å². The number of methoxy groups -OCH3 is 1. The van der Waals surface area contributed by atoms with Crippen molar-refractivity contribution in [2.24, 2.45) is 11.8 Å². The summed E-state index contributed by atoms with van der Waals surface area (Å²) in [6.07, 6.45) is 1.54. The second-order valence-electron chi connectivity index (χ2n) is 9.70. The number of benzene rings is 2. The maximum atomic E-state index is 14.1. The standard InChI is InChI=1S/C25H24N4O6/c1-12-6-4-7-14-21(12)26-24(32)25(14)20-19(15-8-5-9-27(15)25)22(30)28(23(20)31)16-11-18(35-3)17(29(33)34)10-13(16)2/h4,6-7,10-11,15,19-20H,5,8-9H2,1-3H3,(H,26,32)/t15-,19-,20+,25-/m1/s1. The Morgan fingerprint density at radius 2 is 1.91 bits per heavy atom. The lowest BCUT2D eigenvalue weighted by molar-refractivity contribution is -0.385. The lowest BCUT2D eigenvalue weighted by Gasteiger charge is -2.36. The fraction of sp³-hybridized carbons (Fsp3) is 0.400. The molecule has 4 aliphatic rings. The number of carbonyl (C=O) groups excluding carboxylic acids is 3. The number of hydrogen-bond donors (Lipinski definition) is 1. The number of ether oxygens (including phenoxy) is 1. The molecule has 180 valence electrons. The number of para-hydroxylation sites is 1. The number of carbonyl (C=O) groups is 3. The highest BCUT2D eigenvalue weighted by Crippen LogP contribution is 2.61. The highest BCUT2D eigenvalue weighted by molar-refractivity contribution is 6.26. The number of anilines is 2. The van der Waals surface area contributed by atoms with E-state index in [-0.39, 0.29) is 35.0 Å². The van der Waals surface area contributed by atoms with E-state index in [2.05, 4.69) is 10.2 Å². The number of nitro groups is 1. The quantitative estimate of drug-likeness (QED) is 0.411. The minimum atomic E-state index is -1.26. The van der Waals surface area contributed by atoms with Gasteiger partial charge in [-0.25, -0.2) is 4.90 Å². The van der Waals surface area contributed by atoms with Gasteiger partial charge in [-0.15, -0.1) is 0 Å². The summed E-state index contributed by atoms with van der Waals surface area (Å²) in [5.41, 5.74) is 1.50. The first-order valence-electron chi connectivity index (χ1n) is 11.6. The molecule has 0 saturated carbocycles. The van der Waals surface area contributed by atoms with Gasteiger partial charge in [0.2, 0.25) is 17.7 Å². The molecule has 4 heterocycles. The Kier molecular flexibility index (Phi) is 4.41. The van der Waals surface area contributed by atoms with E-state index in [1.807, 2.05) is 25.1 Å². The Balaban J connectivity index is 1.54. The van der Waals surface area contributed by atoms with Gasteiger partial charge < -0.3 is 10.1 Å². The Morgan fingerprint density at radius 1 is 1.14 bits per heavy atom. The number of rotatable bonds is 3. The van der Waals surface area contributed by atoms with Gasteiger partial charge in [-0.1, -0.05) is 18.2 Å². The van der Waals surface area contributed by atoms with Crippen LogP contribution in [0.4, 0.5) is 17.1 Å². The number of nitrogens with one attached hydrogen (secondary N) is 1. The normalized spacial score (nSPS) is 28.9. The van der Waals surface area contributed by atoms with Gasteiger partial charge in [0.15, 0.2) is 5.75 Å². The number of amides is 3. The van der Waals surface area contributed by atoms with Gasteiger partial charge in [0.1, 0.15) is 5.54 Å². The van der Waals surface area contributed by atoms with Crippen LogP contribution >= 0.6 is 0 Å². The van der Waals surface area contributed by atoms with E-state index in [4.69, 9.17) is 4.74 Å². The van der Waals surface area contributed by atoms with E-state index in [0.29, 0.717) is 24.2 Å². The first-order chi connectivity index (χ1) is 16.7. The van der Waals surface area contributed by atoms with Crippen LogP contribution in [-0.2, 0) is 19.9 Å². The predicted molar refractivity (Wildman–Crippen MR) is 125 cm³/mol. The van der Waals surface area contributed by atoms with Crippen molar-refractivity contribution in [3.8, 4) is 5.75 Å². The van der Waals surface area contributed by atoms with Crippen molar-refractivity contribution < 1.29 is 24.0 Å². The average molecular weight is 476 g/mol. The monoisotopic (exact) mass is 476 g/mol. The summed E-state index contributed by atoms with van der Waals surface area (Å²) in [5.74, 6) is -2.71. The number of nitrogens with zero attached hydrogens (tertiary/aromatic N) is 3. The SMILES string of the molecule is COc1cc(N2C(=O)[C@@H]3[C@H]4CCCN4[C@@]4(C(=O)Nc5c(C)cccc54)[C@@H]3C2=O)c(C)cc1[N+](=O)[O-]. The molecule has 1 N–H and O–H groups in total. The van der Waals surface area contributed by atoms with Gasteiger partial charge in [-0.2, -0.15) is 0 Å². The highest BCUT2D eigenvalue weighted by atomic mass is 16.6. The van der Waals surface area contributed by atoms with E-state index < -0.39 is 28.2 Å². The minimum absolute atomic E-state index is 0.0370. The van der Waals surface area contributed by atoms with Gasteiger partial charge in [-0.3, -0.25) is 29.4 Å². The zero-order valence-corrected chi connectivity index (χ0v) is 19.5. The Morgan fingerprint density at radius 3 is 2.63 bits per heavy atom. The first kappa shape index (κ1) is 21.7. The molecular weight excluding hydrogens is 452 g/mol. The summed E-state index contributed by atoms with van der Waals surface area (Å²) >= 11 is 0. The molecule has 3 fully saturated rings. The summed E-state index contributed by atoms with van der Waals surface area (Å²) < 4.78 is 5.20. The molecule has 0 radical (unpaired) electrons. The molecule has 0 aromatic heterocycles. The fourth-order valence-electron chi connectivity index (χ4n) is 6.82. The average Bonchev–Trinajstić information content (AvgIpc) is 3.53. The molecule has 10 nitrogen and oxygen atoms in total. The summed E-state index contributed by atoms with van der Waals surface area (Å²) in [4.78, 5) is 55.9. The summed E-state index contributed by atoms with van der Waals surface area (Å²) in [6, 6.07) is 8.10. The first-order valence-corrected chi connectivity index (χ1v) is 11.6. The number of nitro benzene ring substituents is 1. The molecule has 3 amide bonds. The second kappa shape index (κ2) is 7.11. The van der Waals surface area contributed by atoms with Crippen LogP contribution in [0.2, 0.25) is 0 Å². The Labute approximate surface area is 201 Å². The number of fused-ring (bicyclic) bond motifs is 7. The van der Waals surface area contributed by atoms with E-state index in [0.717, 1.165) is 22.4 Å². The van der Waals surface area contributed by atoms with Gasteiger partial charge in [-0.05, 0) is 44.4 Å². The molecule has 2 aromatic rings. The molecule has 4 atom stereocenters. The maximum Gasteiger partial charge on any atom is 0.311 e. The van der Waals surface area contributed by atoms with Crippen molar-refractivity contribution in [1.82, 2.24) is 4.90 Å². The topological polar surface area (TPSA) is 122 Å². The van der Waals surface area contributed by atoms with Crippen LogP contribution in [0, 0.1) is 35.8 Å². The summed E-state index contributed by atoms with van der Waals surface area (Å²) in [6.45, 7) is 4.16. The van der Waals surface area contributed by atoms with Gasteiger partial charge in [0.05, 0.1) is 29.6 Å². The van der Waals surface area contributed by atoms with Crippen LogP contribution in [0.3, 0.4) is 0 Å². The van der Waals surface area contributed by atoms with Crippen LogP contribution in [0.25, 0.3) is 0 Å². The molecule has 0 bridgehead atoms. The third-order valence-electron chi connectivity index (χ3n) is 8.17. The molecule has 0 aliphatic carbocycles. The van der Waals surface area contributed by atoms with Crippen molar-refractivity contribution in [3.63, 3.8) is 0 Å². The predicted octanol–water partition coefficient (Wildman–Crippen LogP) is 2.65. The molecule has 2 aromatic carbocycles. The smallest absolute Gasteiger partial charge is 0.311 e. The zero-order valence-electron chi connectivity index (χ0n) is 19.5. The van der Waals surface area contributed by atoms with Crippen LogP contribution in [-0.4, -0.2) is 47.2 Å². The molecule has 3 saturated heterocycles. The van der Waals surface area contributed by atoms with E-state index in [1.54, 1.807) is 6.92 Å². The second-order valence-corrected chi connectivity index (χ2v) is 9.70. The van der Waals surface area contributed by atoms with Gasteiger partial charge >= 0.3 is 5.69 Å². The molecule has 6 rings (SSSR count). The van der Waals surface area contributed by atoms with Crippen LogP contribution in [0.5, 0.6) is 5.75 Å². The van der Waals surface area contributed by atoms with Crippen molar-refractivity contribution in [1.29, 1.82) is 0 Å². The Hall–Kier alpha value is -3.79. The third-order valence-corrected chi connectivity index (χ3v) is 8.17. The summed E-state index contributed by atoms with van der Waals surface area (Å²) in [5, 5.41) is 14.5. The molecule has 1 spiro atoms. The molecule has 0 unspecified atom stereocenters. The van der Waals surface area contributed by atoms with Crippen molar-refractivity contribution in [2.45, 2.75) is 38.3 Å². The number of imide groups is 1. The van der Waals surface area contributed by atoms with Gasteiger partial charge in [0, 0.05) is 29.4 Å². The molecule has 4 aliphatic heterocycles. The minimum Gasteiger partial charge on any atom is -0.490 e. The van der Waals surface area contributed by atoms with Gasteiger partial charge in [0.25, 0.3) is 0 Å². The molecular formula is C25H24N4O6. The van der Waals surface area contributed by atoms with E-state index in [1.165, 1.54) is 19.2 Å². The Bertz CT molecular complexity index is 1360. The van der Waals surface area contributed by atoms with Crippen molar-refractivity contribution >= 4 is 34.8 Å². The lowest BCUT2D eigenvalue weighted by atomic mass is 9.75. The summed E-state index contributed by atoms with van der Waals surface area (Å²) in [7, 11) is 1.30. The molecule has 35 heavy (non-hydrogen) atoms. The largest absolute Gasteiger partial charge is 0.490 e. The van der Waals surface area contributed by atoms with Crippen molar-refractivity contribution in [3.05, 3.63) is 57.1 Å². The van der Waals surface area contributed by atoms with Crippen LogP contribution < -0.4 is 15.0 Å². The lowest BCUT2D eigenvalue weighted by Crippen LogP contribution is -2.54. The highest BCUT2D eigenvalue weighted by Gasteiger charge is 2.74. The van der Waals surface area contributed by atoms with E-state index in [9.17, 15) is 24.5 Å². The van der Waals surface area contributed by atoms with Crippen LogP contribution in [0.1, 0.15) is 29.5 Å².